The third kappa shape index (κ3) is 2.74. The second-order valence-electron chi connectivity index (χ2n) is 8.48. The molecule has 0 aliphatic heterocycles. The van der Waals surface area contributed by atoms with E-state index >= 15 is 0 Å². The van der Waals surface area contributed by atoms with Gasteiger partial charge in [-0.25, -0.2) is 0 Å². The minimum atomic E-state index is 0.190. The van der Waals surface area contributed by atoms with Crippen molar-refractivity contribution in [3.8, 4) is 5.75 Å². The van der Waals surface area contributed by atoms with Gasteiger partial charge in [0.25, 0.3) is 0 Å². The van der Waals surface area contributed by atoms with Gasteiger partial charge in [0.05, 0.1) is 0 Å². The zero-order valence-electron chi connectivity index (χ0n) is 16.1. The Bertz CT molecular complexity index is 905. The van der Waals surface area contributed by atoms with Gasteiger partial charge in [-0.3, -0.25) is 4.79 Å². The summed E-state index contributed by atoms with van der Waals surface area (Å²) in [6, 6.07) is 4.18. The topological polar surface area (TPSA) is 26.3 Å². The molecule has 4 atom stereocenters. The Labute approximate surface area is 161 Å². The van der Waals surface area contributed by atoms with Gasteiger partial charge in [0.2, 0.25) is 0 Å². The van der Waals surface area contributed by atoms with Crippen molar-refractivity contribution in [3.63, 3.8) is 0 Å². The van der Waals surface area contributed by atoms with Gasteiger partial charge >= 0.3 is 0 Å². The Hall–Kier alpha value is -2.35. The van der Waals surface area contributed by atoms with Crippen LogP contribution in [-0.2, 0) is 4.79 Å². The smallest absolute Gasteiger partial charge is 0.167 e. The lowest BCUT2D eigenvalue weighted by Gasteiger charge is -2.18. The predicted octanol–water partition coefficient (Wildman–Crippen LogP) is 5.36. The first-order valence-electron chi connectivity index (χ1n) is 10.2. The quantitative estimate of drug-likeness (QED) is 0.677. The Morgan fingerprint density at radius 2 is 1.85 bits per heavy atom. The SMILES string of the molecule is Cc1cc(OCC2=CCCC=C2)cc(C)c1C1=C[C@@H]2[C@H](C1=O)[C@@H]1C=C[C@H]2C1. The maximum absolute atomic E-state index is 13.2. The Morgan fingerprint density at radius 3 is 2.56 bits per heavy atom. The van der Waals surface area contributed by atoms with Crippen LogP contribution in [0.2, 0.25) is 0 Å². The third-order valence-electron chi connectivity index (χ3n) is 6.70. The molecule has 0 radical (unpaired) electrons. The van der Waals surface area contributed by atoms with Crippen molar-refractivity contribution in [2.24, 2.45) is 23.7 Å². The fraction of sp³-hybridized carbons (Fsp3) is 0.400. The molecule has 1 fully saturated rings. The molecule has 0 saturated heterocycles. The van der Waals surface area contributed by atoms with Gasteiger partial charge in [-0.1, -0.05) is 36.5 Å². The van der Waals surface area contributed by atoms with E-state index in [-0.39, 0.29) is 5.92 Å². The number of ether oxygens (including phenoxy) is 1. The zero-order valence-corrected chi connectivity index (χ0v) is 16.1. The zero-order chi connectivity index (χ0) is 18.5. The number of rotatable bonds is 4. The molecule has 2 nitrogen and oxygen atoms in total. The van der Waals surface area contributed by atoms with Crippen LogP contribution >= 0.6 is 0 Å². The molecule has 0 amide bonds. The van der Waals surface area contributed by atoms with Gasteiger partial charge in [0.15, 0.2) is 5.78 Å². The average molecular weight is 358 g/mol. The van der Waals surface area contributed by atoms with Gasteiger partial charge in [0.1, 0.15) is 12.4 Å². The molecule has 138 valence electrons. The Morgan fingerprint density at radius 1 is 1.07 bits per heavy atom. The lowest BCUT2D eigenvalue weighted by Crippen LogP contribution is -2.21. The van der Waals surface area contributed by atoms with E-state index in [0.29, 0.717) is 30.1 Å². The van der Waals surface area contributed by atoms with E-state index in [4.69, 9.17) is 4.74 Å². The van der Waals surface area contributed by atoms with E-state index in [0.717, 1.165) is 40.9 Å². The number of hydrogen-bond donors (Lipinski definition) is 0. The summed E-state index contributed by atoms with van der Waals surface area (Å²) in [4.78, 5) is 13.2. The van der Waals surface area contributed by atoms with Crippen molar-refractivity contribution in [3.05, 3.63) is 70.9 Å². The van der Waals surface area contributed by atoms with Gasteiger partial charge in [-0.2, -0.15) is 0 Å². The highest BCUT2D eigenvalue weighted by Gasteiger charge is 2.51. The molecule has 27 heavy (non-hydrogen) atoms. The van der Waals surface area contributed by atoms with Gasteiger partial charge in [0, 0.05) is 11.5 Å². The number of fused-ring (bicyclic) bond motifs is 5. The molecule has 4 aliphatic rings. The predicted molar refractivity (Wildman–Crippen MR) is 109 cm³/mol. The molecule has 1 aromatic carbocycles. The third-order valence-corrected chi connectivity index (χ3v) is 6.70. The molecule has 0 spiro atoms. The maximum Gasteiger partial charge on any atom is 0.167 e. The van der Waals surface area contributed by atoms with E-state index in [2.05, 4.69) is 62.4 Å². The molecule has 0 N–H and O–H groups in total. The number of ketones is 1. The largest absolute Gasteiger partial charge is 0.489 e. The lowest BCUT2D eigenvalue weighted by atomic mass is 9.84. The average Bonchev–Trinajstić information content (AvgIpc) is 3.35. The number of hydrogen-bond acceptors (Lipinski definition) is 2. The van der Waals surface area contributed by atoms with Crippen LogP contribution in [0.4, 0.5) is 0 Å². The van der Waals surface area contributed by atoms with E-state index in [1.807, 2.05) is 0 Å². The molecule has 0 aromatic heterocycles. The van der Waals surface area contributed by atoms with Crippen molar-refractivity contribution in [2.45, 2.75) is 33.1 Å². The normalized spacial score (nSPS) is 30.5. The number of allylic oxidation sites excluding steroid dienone is 6. The first-order valence-corrected chi connectivity index (χ1v) is 10.2. The first kappa shape index (κ1) is 16.8. The van der Waals surface area contributed by atoms with Gasteiger partial charge in [-0.05, 0) is 85.3 Å². The van der Waals surface area contributed by atoms with Gasteiger partial charge in [-0.15, -0.1) is 0 Å². The van der Waals surface area contributed by atoms with Crippen LogP contribution in [-0.4, -0.2) is 12.4 Å². The summed E-state index contributed by atoms with van der Waals surface area (Å²) in [6.45, 7) is 4.81. The molecule has 2 heteroatoms. The second kappa shape index (κ2) is 6.37. The fourth-order valence-electron chi connectivity index (χ4n) is 5.49. The summed E-state index contributed by atoms with van der Waals surface area (Å²) in [5.41, 5.74) is 5.59. The lowest BCUT2D eigenvalue weighted by molar-refractivity contribution is -0.117. The van der Waals surface area contributed by atoms with Crippen molar-refractivity contribution in [1.82, 2.24) is 0 Å². The van der Waals surface area contributed by atoms with Crippen LogP contribution in [0.3, 0.4) is 0 Å². The van der Waals surface area contributed by atoms with Crippen LogP contribution in [0.15, 0.2) is 54.2 Å². The first-order chi connectivity index (χ1) is 13.1. The summed E-state index contributed by atoms with van der Waals surface area (Å²) >= 11 is 0. The van der Waals surface area contributed by atoms with Crippen molar-refractivity contribution in [1.29, 1.82) is 0 Å². The highest BCUT2D eigenvalue weighted by atomic mass is 16.5. The molecular weight excluding hydrogens is 332 g/mol. The molecule has 4 aliphatic carbocycles. The van der Waals surface area contributed by atoms with Crippen LogP contribution in [0, 0.1) is 37.5 Å². The van der Waals surface area contributed by atoms with Crippen LogP contribution in [0.5, 0.6) is 5.75 Å². The summed E-state index contributed by atoms with van der Waals surface area (Å²) in [7, 11) is 0. The van der Waals surface area contributed by atoms with E-state index in [9.17, 15) is 4.79 Å². The van der Waals surface area contributed by atoms with Crippen LogP contribution < -0.4 is 4.74 Å². The monoisotopic (exact) mass is 358 g/mol. The molecule has 0 heterocycles. The number of carbonyl (C=O) groups excluding carboxylic acids is 1. The molecular formula is C25H26O2. The van der Waals surface area contributed by atoms with Gasteiger partial charge < -0.3 is 4.74 Å². The number of aryl methyl sites for hydroxylation is 2. The van der Waals surface area contributed by atoms with Crippen LogP contribution in [0.25, 0.3) is 5.57 Å². The summed E-state index contributed by atoms with van der Waals surface area (Å²) in [5, 5.41) is 0. The van der Waals surface area contributed by atoms with E-state index in [1.165, 1.54) is 12.0 Å². The second-order valence-corrected chi connectivity index (χ2v) is 8.48. The van der Waals surface area contributed by atoms with Crippen molar-refractivity contribution in [2.75, 3.05) is 6.61 Å². The summed E-state index contributed by atoms with van der Waals surface area (Å²) in [6.07, 6.45) is 16.9. The number of carbonyl (C=O) groups is 1. The Kier molecular flexibility index (Phi) is 3.96. The van der Waals surface area contributed by atoms with Crippen molar-refractivity contribution >= 4 is 11.4 Å². The van der Waals surface area contributed by atoms with Crippen molar-refractivity contribution < 1.29 is 9.53 Å². The van der Waals surface area contributed by atoms with Crippen LogP contribution in [0.1, 0.15) is 36.0 Å². The Balaban J connectivity index is 1.39. The summed E-state index contributed by atoms with van der Waals surface area (Å²) < 4.78 is 6.04. The van der Waals surface area contributed by atoms with E-state index in [1.54, 1.807) is 0 Å². The molecule has 2 bridgehead atoms. The number of Topliss-reactive ketones (excluding diaryl/α,β-unsaturated/α-hetero) is 1. The van der Waals surface area contributed by atoms with E-state index < -0.39 is 0 Å². The standard InChI is InChI=1S/C25H26O2/c1-15-10-20(27-14-17-6-4-3-5-7-17)11-16(2)23(15)22-13-21-18-8-9-19(12-18)24(21)25(22)26/h4,6-11,13,18-19,21,24H,3,5,12,14H2,1-2H3/t18-,19+,21-,24+/m0/s1. The highest BCUT2D eigenvalue weighted by Crippen LogP contribution is 2.54. The fourth-order valence-corrected chi connectivity index (χ4v) is 5.49. The molecule has 1 aromatic rings. The maximum atomic E-state index is 13.2. The highest BCUT2D eigenvalue weighted by molar-refractivity contribution is 6.25. The molecule has 0 unspecified atom stereocenters. The summed E-state index contributed by atoms with van der Waals surface area (Å²) in [5.74, 6) is 2.88. The molecule has 5 rings (SSSR count). The number of benzene rings is 1. The minimum Gasteiger partial charge on any atom is -0.489 e. The minimum absolute atomic E-state index is 0.190. The molecule has 1 saturated carbocycles.